The van der Waals surface area contributed by atoms with Crippen molar-refractivity contribution in [3.63, 3.8) is 0 Å². The Bertz CT molecular complexity index is 1170. The number of carbonyl (C=O) groups excluding carboxylic acids is 2. The van der Waals surface area contributed by atoms with Gasteiger partial charge >= 0.3 is 0 Å². The second kappa shape index (κ2) is 13.5. The average Bonchev–Trinajstić information content (AvgIpc) is 2.86. The Morgan fingerprint density at radius 3 is 2.33 bits per heavy atom. The second-order valence-electron chi connectivity index (χ2n) is 8.89. The molecule has 0 aliphatic rings. The Hall–Kier alpha value is -2.83. The van der Waals surface area contributed by atoms with Gasteiger partial charge in [-0.2, -0.15) is 0 Å². The zero-order valence-corrected chi connectivity index (χ0v) is 23.2. The predicted molar refractivity (Wildman–Crippen MR) is 148 cm³/mol. The van der Waals surface area contributed by atoms with Crippen LogP contribution in [0.25, 0.3) is 0 Å². The summed E-state index contributed by atoms with van der Waals surface area (Å²) in [6.07, 6.45) is 1.26. The zero-order chi connectivity index (χ0) is 26.1. The number of hydrogen-bond acceptors (Lipinski definition) is 3. The van der Waals surface area contributed by atoms with E-state index in [1.54, 1.807) is 11.0 Å². The Morgan fingerprint density at radius 1 is 1.00 bits per heavy atom. The molecule has 36 heavy (non-hydrogen) atoms. The van der Waals surface area contributed by atoms with Gasteiger partial charge in [0.15, 0.2) is 6.61 Å². The summed E-state index contributed by atoms with van der Waals surface area (Å²) in [6, 6.07) is 22.0. The topological polar surface area (TPSA) is 58.6 Å². The van der Waals surface area contributed by atoms with Crippen LogP contribution in [-0.4, -0.2) is 35.4 Å². The molecule has 0 fully saturated rings. The van der Waals surface area contributed by atoms with Gasteiger partial charge in [0.1, 0.15) is 11.8 Å². The highest BCUT2D eigenvalue weighted by Gasteiger charge is 2.31. The SMILES string of the molecule is CCc1ccc(OCC(=O)N(Cc2ccccc2Cl)[C@H](Cc2ccccc2)C(=O)NC(C)C)c(Br)c1. The van der Waals surface area contributed by atoms with Gasteiger partial charge in [-0.3, -0.25) is 9.59 Å². The molecule has 0 aliphatic carbocycles. The van der Waals surface area contributed by atoms with Crippen LogP contribution in [0.1, 0.15) is 37.5 Å². The highest BCUT2D eigenvalue weighted by atomic mass is 79.9. The van der Waals surface area contributed by atoms with Crippen LogP contribution in [0, 0.1) is 0 Å². The maximum absolute atomic E-state index is 13.7. The average molecular weight is 572 g/mol. The third kappa shape index (κ3) is 7.84. The molecule has 0 aromatic heterocycles. The molecule has 1 atom stereocenters. The molecule has 0 aliphatic heterocycles. The standard InChI is InChI=1S/C29H32BrClN2O3/c1-4-21-14-15-27(24(30)16-21)36-19-28(34)33(18-23-12-8-9-13-25(23)31)26(29(35)32-20(2)3)17-22-10-6-5-7-11-22/h5-16,20,26H,4,17-19H2,1-3H3,(H,32,35)/t26-/m1/s1. The minimum Gasteiger partial charge on any atom is -0.483 e. The molecule has 0 radical (unpaired) electrons. The largest absolute Gasteiger partial charge is 0.483 e. The molecule has 0 saturated heterocycles. The summed E-state index contributed by atoms with van der Waals surface area (Å²) in [4.78, 5) is 28.6. The lowest BCUT2D eigenvalue weighted by Crippen LogP contribution is -2.52. The van der Waals surface area contributed by atoms with E-state index < -0.39 is 6.04 Å². The van der Waals surface area contributed by atoms with Gasteiger partial charge in [-0.1, -0.05) is 73.1 Å². The summed E-state index contributed by atoms with van der Waals surface area (Å²) in [6.45, 7) is 5.85. The van der Waals surface area contributed by atoms with Crippen LogP contribution in [0.4, 0.5) is 0 Å². The molecule has 0 unspecified atom stereocenters. The molecule has 3 aromatic rings. The Morgan fingerprint density at radius 2 is 1.69 bits per heavy atom. The Labute approximate surface area is 226 Å². The van der Waals surface area contributed by atoms with Crippen molar-refractivity contribution in [2.75, 3.05) is 6.61 Å². The first kappa shape index (κ1) is 27.8. The van der Waals surface area contributed by atoms with E-state index in [1.165, 1.54) is 0 Å². The molecular weight excluding hydrogens is 540 g/mol. The van der Waals surface area contributed by atoms with E-state index in [2.05, 4.69) is 28.2 Å². The number of nitrogens with one attached hydrogen (secondary N) is 1. The molecule has 190 valence electrons. The third-order valence-corrected chi connectivity index (χ3v) is 6.74. The van der Waals surface area contributed by atoms with Gasteiger partial charge < -0.3 is 15.0 Å². The summed E-state index contributed by atoms with van der Waals surface area (Å²) in [5.41, 5.74) is 2.88. The first-order valence-corrected chi connectivity index (χ1v) is 13.2. The second-order valence-corrected chi connectivity index (χ2v) is 10.2. The van der Waals surface area contributed by atoms with Gasteiger partial charge in [-0.15, -0.1) is 0 Å². The predicted octanol–water partition coefficient (Wildman–Crippen LogP) is 6.21. The summed E-state index contributed by atoms with van der Waals surface area (Å²) >= 11 is 9.98. The number of amides is 2. The van der Waals surface area contributed by atoms with Gasteiger partial charge in [-0.05, 0) is 71.1 Å². The fourth-order valence-corrected chi connectivity index (χ4v) is 4.58. The van der Waals surface area contributed by atoms with Crippen molar-refractivity contribution >= 4 is 39.3 Å². The lowest BCUT2D eigenvalue weighted by atomic mass is 10.0. The fraction of sp³-hybridized carbons (Fsp3) is 0.310. The number of ether oxygens (including phenoxy) is 1. The van der Waals surface area contributed by atoms with Crippen molar-refractivity contribution in [1.82, 2.24) is 10.2 Å². The zero-order valence-electron chi connectivity index (χ0n) is 20.8. The highest BCUT2D eigenvalue weighted by molar-refractivity contribution is 9.10. The maximum atomic E-state index is 13.7. The number of carbonyl (C=O) groups is 2. The summed E-state index contributed by atoms with van der Waals surface area (Å²) in [5.74, 6) is 0.0495. The Balaban J connectivity index is 1.92. The van der Waals surface area contributed by atoms with Crippen molar-refractivity contribution in [2.45, 2.75) is 52.2 Å². The molecule has 3 aromatic carbocycles. The van der Waals surface area contributed by atoms with Crippen LogP contribution in [0.2, 0.25) is 5.02 Å². The molecule has 0 bridgehead atoms. The fourth-order valence-electron chi connectivity index (χ4n) is 3.85. The number of hydrogen-bond donors (Lipinski definition) is 1. The Kier molecular flexibility index (Phi) is 10.4. The first-order chi connectivity index (χ1) is 17.3. The first-order valence-electron chi connectivity index (χ1n) is 12.1. The van der Waals surface area contributed by atoms with Gasteiger partial charge in [0, 0.05) is 24.0 Å². The van der Waals surface area contributed by atoms with E-state index in [1.807, 2.05) is 80.6 Å². The van der Waals surface area contributed by atoms with Gasteiger partial charge in [0.05, 0.1) is 4.47 Å². The molecule has 3 rings (SSSR count). The van der Waals surface area contributed by atoms with E-state index in [0.717, 1.165) is 27.6 Å². The van der Waals surface area contributed by atoms with E-state index in [0.29, 0.717) is 17.2 Å². The van der Waals surface area contributed by atoms with E-state index in [-0.39, 0.29) is 31.0 Å². The lowest BCUT2D eigenvalue weighted by molar-refractivity contribution is -0.143. The number of nitrogens with zero attached hydrogens (tertiary/aromatic N) is 1. The molecule has 7 heteroatoms. The van der Waals surface area contributed by atoms with Gasteiger partial charge in [0.2, 0.25) is 5.91 Å². The van der Waals surface area contributed by atoms with Crippen molar-refractivity contribution in [3.8, 4) is 5.75 Å². The normalized spacial score (nSPS) is 11.7. The van der Waals surface area contributed by atoms with Crippen LogP contribution < -0.4 is 10.1 Å². The van der Waals surface area contributed by atoms with Gasteiger partial charge in [-0.25, -0.2) is 0 Å². The van der Waals surface area contributed by atoms with Crippen LogP contribution in [0.15, 0.2) is 77.3 Å². The number of rotatable bonds is 11. The van der Waals surface area contributed by atoms with Gasteiger partial charge in [0.25, 0.3) is 5.91 Å². The summed E-state index contributed by atoms with van der Waals surface area (Å²) in [7, 11) is 0. The highest BCUT2D eigenvalue weighted by Crippen LogP contribution is 2.27. The summed E-state index contributed by atoms with van der Waals surface area (Å²) < 4.78 is 6.69. The van der Waals surface area contributed by atoms with Crippen LogP contribution in [0.5, 0.6) is 5.75 Å². The van der Waals surface area contributed by atoms with Crippen molar-refractivity contribution in [3.05, 3.63) is 99.0 Å². The van der Waals surface area contributed by atoms with E-state index in [4.69, 9.17) is 16.3 Å². The van der Waals surface area contributed by atoms with Crippen molar-refractivity contribution in [1.29, 1.82) is 0 Å². The van der Waals surface area contributed by atoms with E-state index >= 15 is 0 Å². The quantitative estimate of drug-likeness (QED) is 0.298. The number of halogens is 2. The molecule has 0 saturated carbocycles. The minimum atomic E-state index is -0.743. The van der Waals surface area contributed by atoms with Crippen molar-refractivity contribution < 1.29 is 14.3 Å². The smallest absolute Gasteiger partial charge is 0.261 e. The summed E-state index contributed by atoms with van der Waals surface area (Å²) in [5, 5.41) is 3.52. The van der Waals surface area contributed by atoms with Crippen LogP contribution in [0.3, 0.4) is 0 Å². The maximum Gasteiger partial charge on any atom is 0.261 e. The van der Waals surface area contributed by atoms with Crippen LogP contribution in [-0.2, 0) is 29.0 Å². The minimum absolute atomic E-state index is 0.0719. The molecular formula is C29H32BrClN2O3. The lowest BCUT2D eigenvalue weighted by Gasteiger charge is -2.32. The number of benzene rings is 3. The van der Waals surface area contributed by atoms with E-state index in [9.17, 15) is 9.59 Å². The molecule has 1 N–H and O–H groups in total. The van der Waals surface area contributed by atoms with Crippen LogP contribution >= 0.6 is 27.5 Å². The third-order valence-electron chi connectivity index (χ3n) is 5.76. The molecule has 0 spiro atoms. The molecule has 5 nitrogen and oxygen atoms in total. The monoisotopic (exact) mass is 570 g/mol. The molecule has 0 heterocycles. The number of aryl methyl sites for hydroxylation is 1. The van der Waals surface area contributed by atoms with Crippen molar-refractivity contribution in [2.24, 2.45) is 0 Å². The molecule has 2 amide bonds.